The molecule has 2 heterocycles. The summed E-state index contributed by atoms with van der Waals surface area (Å²) < 4.78 is 30.5. The van der Waals surface area contributed by atoms with Crippen molar-refractivity contribution in [3.63, 3.8) is 0 Å². The standard InChI is InChI=1S/C22H23N3O4S/c1-15-6-8-18(9-7-15)25-13-20(22(26)23-17-10-11-30(27,28)14-17)21(24-25)16-4-3-5-19(12-16)29-2/h3-9,12-13,17H,10-11,14H2,1-2H3,(H,23,26). The van der Waals surface area contributed by atoms with Crippen molar-refractivity contribution in [3.8, 4) is 22.7 Å². The van der Waals surface area contributed by atoms with Crippen molar-refractivity contribution in [2.45, 2.75) is 19.4 Å². The molecule has 0 saturated carbocycles. The van der Waals surface area contributed by atoms with Crippen LogP contribution in [0.1, 0.15) is 22.3 Å². The largest absolute Gasteiger partial charge is 0.497 e. The Bertz CT molecular complexity index is 1180. The van der Waals surface area contributed by atoms with E-state index in [1.165, 1.54) is 0 Å². The highest BCUT2D eigenvalue weighted by molar-refractivity contribution is 7.91. The fourth-order valence-electron chi connectivity index (χ4n) is 3.53. The zero-order chi connectivity index (χ0) is 21.3. The van der Waals surface area contributed by atoms with Crippen molar-refractivity contribution >= 4 is 15.7 Å². The molecule has 0 radical (unpaired) electrons. The molecule has 0 bridgehead atoms. The molecule has 1 aliphatic rings. The lowest BCUT2D eigenvalue weighted by Crippen LogP contribution is -2.35. The average Bonchev–Trinajstić information content (AvgIpc) is 3.32. The van der Waals surface area contributed by atoms with Crippen LogP contribution in [0.15, 0.2) is 54.7 Å². The van der Waals surface area contributed by atoms with E-state index in [9.17, 15) is 13.2 Å². The van der Waals surface area contributed by atoms with Crippen LogP contribution in [0, 0.1) is 6.92 Å². The summed E-state index contributed by atoms with van der Waals surface area (Å²) in [6, 6.07) is 14.8. The van der Waals surface area contributed by atoms with Crippen LogP contribution in [0.2, 0.25) is 0 Å². The molecule has 30 heavy (non-hydrogen) atoms. The molecule has 1 aromatic heterocycles. The molecule has 3 aromatic rings. The Morgan fingerprint density at radius 1 is 1.20 bits per heavy atom. The smallest absolute Gasteiger partial charge is 0.255 e. The van der Waals surface area contributed by atoms with Crippen LogP contribution in [0.4, 0.5) is 0 Å². The number of nitrogens with zero attached hydrogens (tertiary/aromatic N) is 2. The van der Waals surface area contributed by atoms with Gasteiger partial charge in [0.05, 0.1) is 29.9 Å². The lowest BCUT2D eigenvalue weighted by molar-refractivity contribution is 0.0941. The summed E-state index contributed by atoms with van der Waals surface area (Å²) in [5.41, 5.74) is 3.58. The van der Waals surface area contributed by atoms with Gasteiger partial charge in [0, 0.05) is 17.8 Å². The minimum absolute atomic E-state index is 0.0284. The number of rotatable bonds is 5. The van der Waals surface area contributed by atoms with E-state index >= 15 is 0 Å². The van der Waals surface area contributed by atoms with Crippen LogP contribution in [-0.4, -0.2) is 48.8 Å². The predicted octanol–water partition coefficient (Wildman–Crippen LogP) is 2.77. The number of hydrogen-bond donors (Lipinski definition) is 1. The molecule has 1 unspecified atom stereocenters. The van der Waals surface area contributed by atoms with Gasteiger partial charge in [0.2, 0.25) is 0 Å². The first-order chi connectivity index (χ1) is 14.3. The number of carbonyl (C=O) groups excluding carboxylic acids is 1. The molecule has 2 aromatic carbocycles. The Balaban J connectivity index is 1.73. The Morgan fingerprint density at radius 3 is 2.63 bits per heavy atom. The average molecular weight is 426 g/mol. The topological polar surface area (TPSA) is 90.3 Å². The maximum absolute atomic E-state index is 13.1. The van der Waals surface area contributed by atoms with Gasteiger partial charge in [-0.3, -0.25) is 4.79 Å². The molecule has 4 rings (SSSR count). The molecule has 1 amide bonds. The molecular formula is C22H23N3O4S. The SMILES string of the molecule is COc1cccc(-c2nn(-c3ccc(C)cc3)cc2C(=O)NC2CCS(=O)(=O)C2)c1. The molecule has 1 N–H and O–H groups in total. The highest BCUT2D eigenvalue weighted by atomic mass is 32.2. The third-order valence-corrected chi connectivity index (χ3v) is 6.94. The van der Waals surface area contributed by atoms with E-state index in [1.807, 2.05) is 55.5 Å². The predicted molar refractivity (Wildman–Crippen MR) is 115 cm³/mol. The fourth-order valence-corrected chi connectivity index (χ4v) is 5.20. The highest BCUT2D eigenvalue weighted by Gasteiger charge is 2.30. The molecule has 0 aliphatic carbocycles. The van der Waals surface area contributed by atoms with Gasteiger partial charge in [0.25, 0.3) is 5.91 Å². The fraction of sp³-hybridized carbons (Fsp3) is 0.273. The number of aryl methyl sites for hydroxylation is 1. The van der Waals surface area contributed by atoms with E-state index in [1.54, 1.807) is 18.0 Å². The van der Waals surface area contributed by atoms with Gasteiger partial charge in [0.15, 0.2) is 9.84 Å². The Morgan fingerprint density at radius 2 is 1.97 bits per heavy atom. The number of sulfone groups is 1. The summed E-state index contributed by atoms with van der Waals surface area (Å²) in [4.78, 5) is 13.1. The molecular weight excluding hydrogens is 402 g/mol. The minimum atomic E-state index is -3.09. The van der Waals surface area contributed by atoms with Crippen molar-refractivity contribution in [1.29, 1.82) is 0 Å². The Labute approximate surface area is 175 Å². The maximum atomic E-state index is 13.1. The van der Waals surface area contributed by atoms with Gasteiger partial charge < -0.3 is 10.1 Å². The van der Waals surface area contributed by atoms with E-state index < -0.39 is 9.84 Å². The molecule has 1 aliphatic heterocycles. The Hall–Kier alpha value is -3.13. The summed E-state index contributed by atoms with van der Waals surface area (Å²) in [5.74, 6) is 0.391. The number of hydrogen-bond acceptors (Lipinski definition) is 5. The summed E-state index contributed by atoms with van der Waals surface area (Å²) in [7, 11) is -1.51. The zero-order valence-electron chi connectivity index (χ0n) is 16.8. The molecule has 0 spiro atoms. The van der Waals surface area contributed by atoms with E-state index in [-0.39, 0.29) is 23.5 Å². The summed E-state index contributed by atoms with van der Waals surface area (Å²) in [5, 5.41) is 7.52. The van der Waals surface area contributed by atoms with Crippen LogP contribution >= 0.6 is 0 Å². The normalized spacial score (nSPS) is 17.6. The molecule has 1 saturated heterocycles. The van der Waals surface area contributed by atoms with E-state index in [2.05, 4.69) is 10.4 Å². The Kier molecular flexibility index (Phi) is 5.34. The highest BCUT2D eigenvalue weighted by Crippen LogP contribution is 2.27. The van der Waals surface area contributed by atoms with Crippen molar-refractivity contribution in [2.75, 3.05) is 18.6 Å². The first-order valence-corrected chi connectivity index (χ1v) is 11.5. The van der Waals surface area contributed by atoms with E-state index in [4.69, 9.17) is 4.74 Å². The van der Waals surface area contributed by atoms with Gasteiger partial charge >= 0.3 is 0 Å². The first-order valence-electron chi connectivity index (χ1n) is 9.67. The maximum Gasteiger partial charge on any atom is 0.255 e. The minimum Gasteiger partial charge on any atom is -0.497 e. The molecule has 1 fully saturated rings. The summed E-state index contributed by atoms with van der Waals surface area (Å²) in [6.45, 7) is 2.00. The van der Waals surface area contributed by atoms with Gasteiger partial charge in [-0.2, -0.15) is 5.10 Å². The van der Waals surface area contributed by atoms with Gasteiger partial charge in [-0.05, 0) is 37.6 Å². The third-order valence-electron chi connectivity index (χ3n) is 5.17. The number of carbonyl (C=O) groups is 1. The van der Waals surface area contributed by atoms with E-state index in [0.29, 0.717) is 23.4 Å². The number of aromatic nitrogens is 2. The van der Waals surface area contributed by atoms with Crippen molar-refractivity contribution in [1.82, 2.24) is 15.1 Å². The number of amides is 1. The van der Waals surface area contributed by atoms with Crippen LogP contribution in [0.3, 0.4) is 0 Å². The lowest BCUT2D eigenvalue weighted by Gasteiger charge is -2.11. The van der Waals surface area contributed by atoms with Crippen LogP contribution in [0.5, 0.6) is 5.75 Å². The van der Waals surface area contributed by atoms with Crippen molar-refractivity contribution in [2.24, 2.45) is 0 Å². The lowest BCUT2D eigenvalue weighted by atomic mass is 10.1. The number of benzene rings is 2. The second kappa shape index (κ2) is 7.95. The van der Waals surface area contributed by atoms with Crippen LogP contribution in [0.25, 0.3) is 16.9 Å². The molecule has 7 nitrogen and oxygen atoms in total. The molecule has 156 valence electrons. The van der Waals surface area contributed by atoms with Crippen LogP contribution in [-0.2, 0) is 9.84 Å². The van der Waals surface area contributed by atoms with Crippen molar-refractivity contribution < 1.29 is 17.9 Å². The monoisotopic (exact) mass is 425 g/mol. The molecule has 1 atom stereocenters. The van der Waals surface area contributed by atoms with Gasteiger partial charge in [-0.15, -0.1) is 0 Å². The number of methoxy groups -OCH3 is 1. The van der Waals surface area contributed by atoms with Crippen molar-refractivity contribution in [3.05, 3.63) is 65.9 Å². The first kappa shape index (κ1) is 20.2. The number of nitrogens with one attached hydrogen (secondary N) is 1. The van der Waals surface area contributed by atoms with Gasteiger partial charge in [-0.25, -0.2) is 13.1 Å². The second-order valence-corrected chi connectivity index (χ2v) is 9.71. The molecule has 8 heteroatoms. The van der Waals surface area contributed by atoms with Gasteiger partial charge in [0.1, 0.15) is 11.4 Å². The quantitative estimate of drug-likeness (QED) is 0.679. The summed E-state index contributed by atoms with van der Waals surface area (Å²) >= 11 is 0. The third kappa shape index (κ3) is 4.23. The zero-order valence-corrected chi connectivity index (χ0v) is 17.6. The summed E-state index contributed by atoms with van der Waals surface area (Å²) in [6.07, 6.45) is 2.10. The number of ether oxygens (including phenoxy) is 1. The van der Waals surface area contributed by atoms with E-state index in [0.717, 1.165) is 16.8 Å². The van der Waals surface area contributed by atoms with Gasteiger partial charge in [-0.1, -0.05) is 29.8 Å². The second-order valence-electron chi connectivity index (χ2n) is 7.48. The van der Waals surface area contributed by atoms with Crippen LogP contribution < -0.4 is 10.1 Å².